The second-order valence-electron chi connectivity index (χ2n) is 5.61. The number of halogens is 1. The fourth-order valence-corrected chi connectivity index (χ4v) is 3.01. The predicted octanol–water partition coefficient (Wildman–Crippen LogP) is 2.81. The van der Waals surface area contributed by atoms with Gasteiger partial charge in [0.2, 0.25) is 0 Å². The first kappa shape index (κ1) is 17.2. The second kappa shape index (κ2) is 9.12. The highest BCUT2D eigenvalue weighted by Gasteiger charge is 2.22. The molecule has 1 unspecified atom stereocenters. The minimum atomic E-state index is -0.170. The van der Waals surface area contributed by atoms with E-state index in [2.05, 4.69) is 31.5 Å². The van der Waals surface area contributed by atoms with Crippen LogP contribution in [-0.2, 0) is 0 Å². The standard InChI is InChI=1S/C16H24BrN3O2/c17-13-5-7-14(8-6-13)19-16(22)18-9-1-2-10-20-11-3-4-15(20)12-21/h5-8,15,21H,1-4,9-12H2,(H2,18,19,22). The summed E-state index contributed by atoms with van der Waals surface area (Å²) in [6, 6.07) is 7.66. The van der Waals surface area contributed by atoms with Crippen LogP contribution < -0.4 is 10.6 Å². The Labute approximate surface area is 140 Å². The number of carbonyl (C=O) groups is 1. The summed E-state index contributed by atoms with van der Waals surface area (Å²) in [6.07, 6.45) is 4.26. The van der Waals surface area contributed by atoms with Gasteiger partial charge in [-0.3, -0.25) is 4.90 Å². The number of benzene rings is 1. The van der Waals surface area contributed by atoms with Gasteiger partial charge in [-0.2, -0.15) is 0 Å². The van der Waals surface area contributed by atoms with E-state index in [1.54, 1.807) is 0 Å². The summed E-state index contributed by atoms with van der Waals surface area (Å²) in [7, 11) is 0. The van der Waals surface area contributed by atoms with Crippen LogP contribution in [0.2, 0.25) is 0 Å². The van der Waals surface area contributed by atoms with Crippen LogP contribution in [0.1, 0.15) is 25.7 Å². The molecule has 1 aliphatic rings. The number of hydrogen-bond donors (Lipinski definition) is 3. The lowest BCUT2D eigenvalue weighted by atomic mass is 10.2. The van der Waals surface area contributed by atoms with E-state index < -0.39 is 0 Å². The summed E-state index contributed by atoms with van der Waals surface area (Å²) in [5, 5.41) is 14.9. The number of rotatable bonds is 7. The second-order valence-corrected chi connectivity index (χ2v) is 6.53. The fraction of sp³-hybridized carbons (Fsp3) is 0.562. The number of aliphatic hydroxyl groups excluding tert-OH is 1. The highest BCUT2D eigenvalue weighted by Crippen LogP contribution is 2.17. The average molecular weight is 370 g/mol. The molecule has 1 aromatic rings. The Hall–Kier alpha value is -1.11. The summed E-state index contributed by atoms with van der Waals surface area (Å²) in [5.74, 6) is 0. The number of nitrogens with one attached hydrogen (secondary N) is 2. The van der Waals surface area contributed by atoms with Crippen molar-refractivity contribution in [1.82, 2.24) is 10.2 Å². The molecule has 0 spiro atoms. The molecule has 3 N–H and O–H groups in total. The highest BCUT2D eigenvalue weighted by molar-refractivity contribution is 9.10. The molecule has 2 amide bonds. The first-order valence-electron chi connectivity index (χ1n) is 7.84. The van der Waals surface area contributed by atoms with Crippen molar-refractivity contribution in [3.05, 3.63) is 28.7 Å². The molecule has 1 aromatic carbocycles. The van der Waals surface area contributed by atoms with E-state index >= 15 is 0 Å². The van der Waals surface area contributed by atoms with E-state index in [0.29, 0.717) is 12.6 Å². The largest absolute Gasteiger partial charge is 0.395 e. The number of nitrogens with zero attached hydrogens (tertiary/aromatic N) is 1. The van der Waals surface area contributed by atoms with Gasteiger partial charge < -0.3 is 15.7 Å². The number of unbranched alkanes of at least 4 members (excludes halogenated alkanes) is 1. The van der Waals surface area contributed by atoms with Gasteiger partial charge in [-0.25, -0.2) is 4.79 Å². The first-order valence-corrected chi connectivity index (χ1v) is 8.63. The van der Waals surface area contributed by atoms with Crippen LogP contribution in [0.4, 0.5) is 10.5 Å². The van der Waals surface area contributed by atoms with Crippen LogP contribution in [-0.4, -0.2) is 48.3 Å². The lowest BCUT2D eigenvalue weighted by Gasteiger charge is -2.22. The molecule has 0 aromatic heterocycles. The van der Waals surface area contributed by atoms with Crippen LogP contribution >= 0.6 is 15.9 Å². The lowest BCUT2D eigenvalue weighted by Crippen LogP contribution is -2.34. The van der Waals surface area contributed by atoms with E-state index in [0.717, 1.165) is 42.5 Å². The molecule has 1 atom stereocenters. The lowest BCUT2D eigenvalue weighted by molar-refractivity contribution is 0.157. The van der Waals surface area contributed by atoms with Crippen LogP contribution in [0.15, 0.2) is 28.7 Å². The third kappa shape index (κ3) is 5.59. The van der Waals surface area contributed by atoms with Crippen LogP contribution in [0, 0.1) is 0 Å². The zero-order chi connectivity index (χ0) is 15.8. The van der Waals surface area contributed by atoms with Crippen molar-refractivity contribution >= 4 is 27.6 Å². The van der Waals surface area contributed by atoms with Crippen molar-refractivity contribution in [2.24, 2.45) is 0 Å². The molecule has 0 saturated carbocycles. The molecule has 2 rings (SSSR count). The summed E-state index contributed by atoms with van der Waals surface area (Å²) in [5.41, 5.74) is 0.781. The Morgan fingerprint density at radius 3 is 2.82 bits per heavy atom. The SMILES string of the molecule is O=C(NCCCCN1CCCC1CO)Nc1ccc(Br)cc1. The number of anilines is 1. The topological polar surface area (TPSA) is 64.6 Å². The monoisotopic (exact) mass is 369 g/mol. The fourth-order valence-electron chi connectivity index (χ4n) is 2.75. The van der Waals surface area contributed by atoms with Crippen molar-refractivity contribution in [3.8, 4) is 0 Å². The third-order valence-corrected chi connectivity index (χ3v) is 4.50. The van der Waals surface area contributed by atoms with Crippen molar-refractivity contribution < 1.29 is 9.90 Å². The first-order chi connectivity index (χ1) is 10.7. The van der Waals surface area contributed by atoms with Crippen molar-refractivity contribution in [2.45, 2.75) is 31.7 Å². The maximum absolute atomic E-state index is 11.7. The van der Waals surface area contributed by atoms with Gasteiger partial charge in [0.05, 0.1) is 6.61 Å². The van der Waals surface area contributed by atoms with Gasteiger partial charge in [0, 0.05) is 22.7 Å². The number of hydrogen-bond acceptors (Lipinski definition) is 3. The maximum atomic E-state index is 11.7. The Bertz CT molecular complexity index is 467. The molecule has 0 radical (unpaired) electrons. The zero-order valence-electron chi connectivity index (χ0n) is 12.7. The van der Waals surface area contributed by atoms with E-state index in [4.69, 9.17) is 0 Å². The molecular weight excluding hydrogens is 346 g/mol. The average Bonchev–Trinajstić information content (AvgIpc) is 2.97. The van der Waals surface area contributed by atoms with Crippen molar-refractivity contribution in [1.29, 1.82) is 0 Å². The smallest absolute Gasteiger partial charge is 0.319 e. The number of amides is 2. The molecule has 0 aliphatic carbocycles. The van der Waals surface area contributed by atoms with E-state index in [9.17, 15) is 9.90 Å². The van der Waals surface area contributed by atoms with Crippen LogP contribution in [0.5, 0.6) is 0 Å². The molecule has 5 nitrogen and oxygen atoms in total. The normalized spacial score (nSPS) is 18.4. The number of likely N-dealkylation sites (tertiary alicyclic amines) is 1. The summed E-state index contributed by atoms with van der Waals surface area (Å²) >= 11 is 3.36. The van der Waals surface area contributed by atoms with Gasteiger partial charge in [0.25, 0.3) is 0 Å². The van der Waals surface area contributed by atoms with E-state index in [1.807, 2.05) is 24.3 Å². The summed E-state index contributed by atoms with van der Waals surface area (Å²) in [4.78, 5) is 14.1. The van der Waals surface area contributed by atoms with Gasteiger partial charge in [0.15, 0.2) is 0 Å². The van der Waals surface area contributed by atoms with Gasteiger partial charge in [-0.1, -0.05) is 15.9 Å². The predicted molar refractivity (Wildman–Crippen MR) is 92.1 cm³/mol. The Balaban J connectivity index is 1.56. The highest BCUT2D eigenvalue weighted by atomic mass is 79.9. The molecule has 1 heterocycles. The molecule has 1 aliphatic heterocycles. The van der Waals surface area contributed by atoms with Crippen LogP contribution in [0.3, 0.4) is 0 Å². The summed E-state index contributed by atoms with van der Waals surface area (Å²) < 4.78 is 0.988. The number of carbonyl (C=O) groups excluding carboxylic acids is 1. The molecule has 0 bridgehead atoms. The minimum Gasteiger partial charge on any atom is -0.395 e. The Morgan fingerprint density at radius 1 is 1.32 bits per heavy atom. The number of urea groups is 1. The van der Waals surface area contributed by atoms with Crippen LogP contribution in [0.25, 0.3) is 0 Å². The van der Waals surface area contributed by atoms with E-state index in [1.165, 1.54) is 6.42 Å². The summed E-state index contributed by atoms with van der Waals surface area (Å²) in [6.45, 7) is 3.01. The van der Waals surface area contributed by atoms with Gasteiger partial charge in [0.1, 0.15) is 0 Å². The van der Waals surface area contributed by atoms with Gasteiger partial charge in [-0.15, -0.1) is 0 Å². The quantitative estimate of drug-likeness (QED) is 0.647. The third-order valence-electron chi connectivity index (χ3n) is 3.97. The van der Waals surface area contributed by atoms with Crippen molar-refractivity contribution in [3.63, 3.8) is 0 Å². The Morgan fingerprint density at radius 2 is 2.09 bits per heavy atom. The van der Waals surface area contributed by atoms with Gasteiger partial charge >= 0.3 is 6.03 Å². The van der Waals surface area contributed by atoms with Crippen molar-refractivity contribution in [2.75, 3.05) is 31.6 Å². The molecule has 1 fully saturated rings. The maximum Gasteiger partial charge on any atom is 0.319 e. The zero-order valence-corrected chi connectivity index (χ0v) is 14.3. The molecular formula is C16H24BrN3O2. The molecule has 122 valence electrons. The Kier molecular flexibility index (Phi) is 7.15. The molecule has 22 heavy (non-hydrogen) atoms. The molecule has 1 saturated heterocycles. The van der Waals surface area contributed by atoms with Gasteiger partial charge in [-0.05, 0) is 63.0 Å². The van der Waals surface area contributed by atoms with E-state index in [-0.39, 0.29) is 12.6 Å². The minimum absolute atomic E-state index is 0.170. The number of aliphatic hydroxyl groups is 1. The molecule has 6 heteroatoms.